The van der Waals surface area contributed by atoms with Crippen LogP contribution in [0.5, 0.6) is 0 Å². The zero-order chi connectivity index (χ0) is 13.3. The molecule has 0 radical (unpaired) electrons. The van der Waals surface area contributed by atoms with Gasteiger partial charge in [-0.1, -0.05) is 0 Å². The van der Waals surface area contributed by atoms with Crippen molar-refractivity contribution in [3.05, 3.63) is 11.1 Å². The third-order valence-corrected chi connectivity index (χ3v) is 4.40. The summed E-state index contributed by atoms with van der Waals surface area (Å²) in [4.78, 5) is 18.0. The Kier molecular flexibility index (Phi) is 3.61. The van der Waals surface area contributed by atoms with Gasteiger partial charge in [-0.2, -0.15) is 0 Å². The number of carboxylic acid groups (broad SMARTS) is 1. The molecule has 1 aliphatic rings. The maximum atomic E-state index is 11.2. The Balaban J connectivity index is 2.15. The molecule has 5 heteroatoms. The highest BCUT2D eigenvalue weighted by atomic mass is 32.1. The lowest BCUT2D eigenvalue weighted by Crippen LogP contribution is -2.29. The highest BCUT2D eigenvalue weighted by Crippen LogP contribution is 2.34. The molecule has 0 aromatic carbocycles. The first-order valence-corrected chi connectivity index (χ1v) is 7.27. The van der Waals surface area contributed by atoms with Crippen LogP contribution in [0.3, 0.4) is 0 Å². The van der Waals surface area contributed by atoms with Gasteiger partial charge in [-0.15, -0.1) is 11.3 Å². The maximum Gasteiger partial charge on any atom is 0.315 e. The molecule has 0 atom stereocenters. The van der Waals surface area contributed by atoms with E-state index in [1.165, 1.54) is 12.8 Å². The van der Waals surface area contributed by atoms with Gasteiger partial charge in [0.2, 0.25) is 0 Å². The van der Waals surface area contributed by atoms with E-state index in [1.54, 1.807) is 25.2 Å². The number of hydrogen-bond donors (Lipinski definition) is 1. The van der Waals surface area contributed by atoms with Crippen molar-refractivity contribution >= 4 is 22.4 Å². The molecule has 0 bridgehead atoms. The van der Waals surface area contributed by atoms with Crippen LogP contribution in [0.1, 0.15) is 39.3 Å². The van der Waals surface area contributed by atoms with E-state index in [0.29, 0.717) is 5.69 Å². The molecule has 0 amide bonds. The smallest absolute Gasteiger partial charge is 0.315 e. The van der Waals surface area contributed by atoms with Gasteiger partial charge in [0.1, 0.15) is 5.41 Å². The fourth-order valence-electron chi connectivity index (χ4n) is 1.76. The summed E-state index contributed by atoms with van der Waals surface area (Å²) >= 11 is 1.55. The Bertz CT molecular complexity index is 438. The maximum absolute atomic E-state index is 11.2. The van der Waals surface area contributed by atoms with E-state index in [4.69, 9.17) is 0 Å². The summed E-state index contributed by atoms with van der Waals surface area (Å²) in [6.45, 7) is 7.50. The molecule has 0 unspecified atom stereocenters. The molecular weight excluding hydrogens is 248 g/mol. The van der Waals surface area contributed by atoms with E-state index >= 15 is 0 Å². The van der Waals surface area contributed by atoms with Gasteiger partial charge in [-0.25, -0.2) is 4.98 Å². The standard InChI is InChI=1S/C13H20N2O2S/c1-4-15(7-9-5-6-9)12-14-10(8-18-12)13(2,3)11(16)17/h8-9H,4-7H2,1-3H3,(H,16,17). The summed E-state index contributed by atoms with van der Waals surface area (Å²) in [5.74, 6) is -0.0191. The molecule has 1 fully saturated rings. The normalized spacial score (nSPS) is 15.7. The van der Waals surface area contributed by atoms with E-state index in [1.807, 2.05) is 5.38 Å². The highest BCUT2D eigenvalue weighted by molar-refractivity contribution is 7.13. The van der Waals surface area contributed by atoms with Gasteiger partial charge in [0.25, 0.3) is 0 Å². The summed E-state index contributed by atoms with van der Waals surface area (Å²) in [6.07, 6.45) is 2.63. The Hall–Kier alpha value is -1.10. The molecule has 1 heterocycles. The van der Waals surface area contributed by atoms with E-state index in [0.717, 1.165) is 24.1 Å². The van der Waals surface area contributed by atoms with Crippen LogP contribution in [0.2, 0.25) is 0 Å². The first kappa shape index (κ1) is 13.3. The molecule has 1 saturated carbocycles. The van der Waals surface area contributed by atoms with Gasteiger partial charge < -0.3 is 10.0 Å². The molecule has 2 rings (SSSR count). The number of aliphatic carboxylic acids is 1. The predicted molar refractivity (Wildman–Crippen MR) is 73.4 cm³/mol. The third kappa shape index (κ3) is 2.66. The lowest BCUT2D eigenvalue weighted by atomic mass is 9.90. The van der Waals surface area contributed by atoms with E-state index < -0.39 is 11.4 Å². The number of anilines is 1. The highest BCUT2D eigenvalue weighted by Gasteiger charge is 2.33. The molecule has 100 valence electrons. The summed E-state index contributed by atoms with van der Waals surface area (Å²) in [5, 5.41) is 12.0. The zero-order valence-corrected chi connectivity index (χ0v) is 12.0. The van der Waals surface area contributed by atoms with Gasteiger partial charge in [0.15, 0.2) is 5.13 Å². The average Bonchev–Trinajstić information content (AvgIpc) is 2.99. The van der Waals surface area contributed by atoms with E-state index in [2.05, 4.69) is 16.8 Å². The minimum Gasteiger partial charge on any atom is -0.481 e. The van der Waals surface area contributed by atoms with Crippen molar-refractivity contribution in [2.75, 3.05) is 18.0 Å². The van der Waals surface area contributed by atoms with Crippen LogP contribution >= 0.6 is 11.3 Å². The molecule has 4 nitrogen and oxygen atoms in total. The third-order valence-electron chi connectivity index (χ3n) is 3.49. The molecule has 1 aliphatic carbocycles. The van der Waals surface area contributed by atoms with Crippen molar-refractivity contribution in [1.82, 2.24) is 4.98 Å². The van der Waals surface area contributed by atoms with Crippen LogP contribution < -0.4 is 4.90 Å². The topological polar surface area (TPSA) is 53.4 Å². The second-order valence-corrected chi connectivity index (χ2v) is 6.26. The average molecular weight is 268 g/mol. The van der Waals surface area contributed by atoms with Crippen LogP contribution in [-0.4, -0.2) is 29.1 Å². The van der Waals surface area contributed by atoms with Crippen molar-refractivity contribution in [2.45, 2.75) is 39.0 Å². The monoisotopic (exact) mass is 268 g/mol. The Labute approximate surface area is 112 Å². The Morgan fingerprint density at radius 2 is 2.28 bits per heavy atom. The first-order chi connectivity index (χ1) is 8.45. The van der Waals surface area contributed by atoms with Gasteiger partial charge in [-0.05, 0) is 39.5 Å². The van der Waals surface area contributed by atoms with Crippen molar-refractivity contribution in [2.24, 2.45) is 5.92 Å². The lowest BCUT2D eigenvalue weighted by molar-refractivity contribution is -0.142. The second-order valence-electron chi connectivity index (χ2n) is 5.43. The quantitative estimate of drug-likeness (QED) is 0.862. The number of carboxylic acids is 1. The summed E-state index contributed by atoms with van der Waals surface area (Å²) in [7, 11) is 0. The Morgan fingerprint density at radius 3 is 2.78 bits per heavy atom. The molecule has 0 saturated heterocycles. The van der Waals surface area contributed by atoms with Crippen LogP contribution in [0, 0.1) is 5.92 Å². The predicted octanol–water partition coefficient (Wildman–Crippen LogP) is 2.74. The summed E-state index contributed by atoms with van der Waals surface area (Å²) in [6, 6.07) is 0. The van der Waals surface area contributed by atoms with Crippen LogP contribution in [-0.2, 0) is 10.2 Å². The summed E-state index contributed by atoms with van der Waals surface area (Å²) < 4.78 is 0. The minimum atomic E-state index is -0.909. The summed E-state index contributed by atoms with van der Waals surface area (Å²) in [5.41, 5.74) is -0.252. The van der Waals surface area contributed by atoms with E-state index in [9.17, 15) is 9.90 Å². The van der Waals surface area contributed by atoms with Crippen molar-refractivity contribution in [3.8, 4) is 0 Å². The minimum absolute atomic E-state index is 0.657. The number of hydrogen-bond acceptors (Lipinski definition) is 4. The molecular formula is C13H20N2O2S. The van der Waals surface area contributed by atoms with Crippen LogP contribution in [0.4, 0.5) is 5.13 Å². The van der Waals surface area contributed by atoms with Crippen molar-refractivity contribution < 1.29 is 9.90 Å². The zero-order valence-electron chi connectivity index (χ0n) is 11.1. The van der Waals surface area contributed by atoms with Gasteiger partial charge in [-0.3, -0.25) is 4.79 Å². The molecule has 1 aromatic rings. The molecule has 1 aromatic heterocycles. The van der Waals surface area contributed by atoms with Crippen LogP contribution in [0.15, 0.2) is 5.38 Å². The number of thiazole rings is 1. The number of carbonyl (C=O) groups is 1. The van der Waals surface area contributed by atoms with Crippen molar-refractivity contribution in [1.29, 1.82) is 0 Å². The fraction of sp³-hybridized carbons (Fsp3) is 0.692. The van der Waals surface area contributed by atoms with E-state index in [-0.39, 0.29) is 0 Å². The lowest BCUT2D eigenvalue weighted by Gasteiger charge is -2.20. The number of rotatable bonds is 6. The molecule has 18 heavy (non-hydrogen) atoms. The van der Waals surface area contributed by atoms with Gasteiger partial charge in [0.05, 0.1) is 5.69 Å². The van der Waals surface area contributed by atoms with Gasteiger partial charge in [0, 0.05) is 18.5 Å². The molecule has 0 aliphatic heterocycles. The molecule has 1 N–H and O–H groups in total. The number of aromatic nitrogens is 1. The van der Waals surface area contributed by atoms with Crippen LogP contribution in [0.25, 0.3) is 0 Å². The largest absolute Gasteiger partial charge is 0.481 e. The Morgan fingerprint density at radius 1 is 1.61 bits per heavy atom. The molecule has 0 spiro atoms. The SMILES string of the molecule is CCN(CC1CC1)c1nc(C(C)(C)C(=O)O)cs1. The number of nitrogens with zero attached hydrogens (tertiary/aromatic N) is 2. The fourth-order valence-corrected chi connectivity index (χ4v) is 2.83. The second kappa shape index (κ2) is 4.88. The first-order valence-electron chi connectivity index (χ1n) is 6.39. The van der Waals surface area contributed by atoms with Gasteiger partial charge >= 0.3 is 5.97 Å². The van der Waals surface area contributed by atoms with Crippen molar-refractivity contribution in [3.63, 3.8) is 0 Å².